The molecule has 31 heavy (non-hydrogen) atoms. The molecule has 0 saturated heterocycles. The summed E-state index contributed by atoms with van der Waals surface area (Å²) < 4.78 is 5.21. The minimum absolute atomic E-state index is 0.0348. The molecule has 4 rings (SSSR count). The van der Waals surface area contributed by atoms with Crippen LogP contribution in [-0.4, -0.2) is 35.3 Å². The zero-order valence-electron chi connectivity index (χ0n) is 17.3. The van der Waals surface area contributed by atoms with E-state index < -0.39 is 0 Å². The molecule has 0 aliphatic rings. The van der Waals surface area contributed by atoms with Crippen molar-refractivity contribution >= 4 is 33.9 Å². The molecule has 0 fully saturated rings. The number of aliphatic hydroxyl groups is 1. The Labute approximate surface area is 181 Å². The lowest BCUT2D eigenvalue weighted by atomic mass is 10.2. The Morgan fingerprint density at radius 1 is 0.935 bits per heavy atom. The number of nitrogens with one attached hydrogen (secondary N) is 3. The van der Waals surface area contributed by atoms with Crippen LogP contribution in [0.3, 0.4) is 0 Å². The maximum absolute atomic E-state index is 9.17. The molecule has 2 aromatic carbocycles. The van der Waals surface area contributed by atoms with Gasteiger partial charge in [-0.15, -0.1) is 0 Å². The fourth-order valence-electron chi connectivity index (χ4n) is 3.23. The van der Waals surface area contributed by atoms with Gasteiger partial charge in [-0.1, -0.05) is 30.3 Å². The molecule has 158 valence electrons. The van der Waals surface area contributed by atoms with Gasteiger partial charge in [0.2, 0.25) is 0 Å². The Bertz CT molecular complexity index is 1130. The number of benzene rings is 2. The molecule has 2 aromatic heterocycles. The lowest BCUT2D eigenvalue weighted by molar-refractivity contribution is 0.311. The second-order valence-electron chi connectivity index (χ2n) is 6.98. The Hall–Kier alpha value is -3.84. The first-order valence-corrected chi connectivity index (χ1v) is 10.1. The first-order valence-electron chi connectivity index (χ1n) is 10.1. The minimum Gasteiger partial charge on any atom is -0.497 e. The van der Waals surface area contributed by atoms with Crippen LogP contribution in [0.15, 0.2) is 72.9 Å². The number of hydrogen-bond donors (Lipinski definition) is 4. The molecule has 0 amide bonds. The van der Waals surface area contributed by atoms with Crippen LogP contribution >= 0.6 is 0 Å². The number of ether oxygens (including phenoxy) is 1. The third-order valence-electron chi connectivity index (χ3n) is 4.80. The molecule has 0 unspecified atom stereocenters. The number of nitrogens with zero attached hydrogens (tertiary/aromatic N) is 2. The summed E-state index contributed by atoms with van der Waals surface area (Å²) in [7, 11) is 1.64. The van der Waals surface area contributed by atoms with Crippen LogP contribution in [0.1, 0.15) is 5.56 Å². The summed E-state index contributed by atoms with van der Waals surface area (Å²) in [5, 5.41) is 20.0. The summed E-state index contributed by atoms with van der Waals surface area (Å²) in [6.45, 7) is 1.15. The highest BCUT2D eigenvalue weighted by molar-refractivity contribution is 5.94. The van der Waals surface area contributed by atoms with Gasteiger partial charge in [0.15, 0.2) is 0 Å². The lowest BCUT2D eigenvalue weighted by Gasteiger charge is -2.14. The standard InChI is InChI=1S/C24H25N5O2/c1-31-19-9-7-18(8-10-19)28-24-14-22-20(16-27-24)21(13-23(29-22)25-11-12-30)26-15-17-5-3-2-4-6-17/h2-10,13-14,16,30H,11-12,15H2,1H3,(H,27,28)(H2,25,26,29). The van der Waals surface area contributed by atoms with E-state index in [1.54, 1.807) is 7.11 Å². The van der Waals surface area contributed by atoms with Crippen LogP contribution in [0.2, 0.25) is 0 Å². The van der Waals surface area contributed by atoms with Gasteiger partial charge in [0.25, 0.3) is 0 Å². The summed E-state index contributed by atoms with van der Waals surface area (Å²) in [4.78, 5) is 9.27. The van der Waals surface area contributed by atoms with Crippen molar-refractivity contribution in [1.29, 1.82) is 0 Å². The SMILES string of the molecule is COc1ccc(Nc2cc3nc(NCCO)cc(NCc4ccccc4)c3cn2)cc1. The number of aromatic nitrogens is 2. The Balaban J connectivity index is 1.62. The number of fused-ring (bicyclic) bond motifs is 1. The van der Waals surface area contributed by atoms with Crippen molar-refractivity contribution in [2.24, 2.45) is 0 Å². The summed E-state index contributed by atoms with van der Waals surface area (Å²) >= 11 is 0. The smallest absolute Gasteiger partial charge is 0.132 e. The fourth-order valence-corrected chi connectivity index (χ4v) is 3.23. The van der Waals surface area contributed by atoms with E-state index in [4.69, 9.17) is 9.72 Å². The van der Waals surface area contributed by atoms with E-state index in [2.05, 4.69) is 33.1 Å². The van der Waals surface area contributed by atoms with Gasteiger partial charge in [0.1, 0.15) is 17.4 Å². The number of rotatable bonds is 9. The molecule has 0 radical (unpaired) electrons. The van der Waals surface area contributed by atoms with Crippen LogP contribution in [0.4, 0.5) is 23.0 Å². The molecule has 0 bridgehead atoms. The first-order chi connectivity index (χ1) is 15.2. The number of pyridine rings is 2. The van der Waals surface area contributed by atoms with Crippen LogP contribution in [0, 0.1) is 0 Å². The van der Waals surface area contributed by atoms with Gasteiger partial charge in [0, 0.05) is 48.2 Å². The van der Waals surface area contributed by atoms with Gasteiger partial charge >= 0.3 is 0 Å². The topological polar surface area (TPSA) is 91.3 Å². The molecule has 0 aliphatic heterocycles. The molecule has 7 nitrogen and oxygen atoms in total. The highest BCUT2D eigenvalue weighted by Gasteiger charge is 2.09. The second kappa shape index (κ2) is 9.77. The molecule has 0 saturated carbocycles. The molecule has 2 heterocycles. The van der Waals surface area contributed by atoms with Gasteiger partial charge in [-0.2, -0.15) is 0 Å². The van der Waals surface area contributed by atoms with Crippen LogP contribution in [0.25, 0.3) is 10.9 Å². The van der Waals surface area contributed by atoms with Crippen molar-refractivity contribution in [1.82, 2.24) is 9.97 Å². The molecular formula is C24H25N5O2. The van der Waals surface area contributed by atoms with E-state index in [1.807, 2.05) is 60.8 Å². The second-order valence-corrected chi connectivity index (χ2v) is 6.98. The van der Waals surface area contributed by atoms with E-state index in [9.17, 15) is 5.11 Å². The number of methoxy groups -OCH3 is 1. The number of anilines is 4. The third-order valence-corrected chi connectivity index (χ3v) is 4.80. The van der Waals surface area contributed by atoms with Crippen molar-refractivity contribution < 1.29 is 9.84 Å². The first kappa shape index (κ1) is 20.4. The number of aliphatic hydroxyl groups excluding tert-OH is 1. The summed E-state index contributed by atoms with van der Waals surface area (Å²) in [6.07, 6.45) is 1.82. The summed E-state index contributed by atoms with van der Waals surface area (Å²) in [5.74, 6) is 2.18. The molecular weight excluding hydrogens is 390 g/mol. The predicted octanol–water partition coefficient (Wildman–Crippen LogP) is 4.40. The van der Waals surface area contributed by atoms with Gasteiger partial charge in [-0.25, -0.2) is 9.97 Å². The van der Waals surface area contributed by atoms with Crippen LogP contribution in [0.5, 0.6) is 5.75 Å². The minimum atomic E-state index is 0.0348. The van der Waals surface area contributed by atoms with Crippen molar-refractivity contribution in [3.05, 3.63) is 78.5 Å². The van der Waals surface area contributed by atoms with Crippen molar-refractivity contribution in [3.63, 3.8) is 0 Å². The molecule has 4 aromatic rings. The molecule has 0 aliphatic carbocycles. The van der Waals surface area contributed by atoms with E-state index >= 15 is 0 Å². The van der Waals surface area contributed by atoms with E-state index in [0.29, 0.717) is 24.7 Å². The highest BCUT2D eigenvalue weighted by atomic mass is 16.5. The zero-order chi connectivity index (χ0) is 21.5. The van der Waals surface area contributed by atoms with Gasteiger partial charge in [-0.05, 0) is 29.8 Å². The average Bonchev–Trinajstić information content (AvgIpc) is 2.82. The quantitative estimate of drug-likeness (QED) is 0.322. The molecule has 0 atom stereocenters. The largest absolute Gasteiger partial charge is 0.497 e. The summed E-state index contributed by atoms with van der Waals surface area (Å²) in [5.41, 5.74) is 3.81. The van der Waals surface area contributed by atoms with Crippen molar-refractivity contribution in [2.45, 2.75) is 6.54 Å². The maximum Gasteiger partial charge on any atom is 0.132 e. The van der Waals surface area contributed by atoms with Crippen LogP contribution < -0.4 is 20.7 Å². The van der Waals surface area contributed by atoms with E-state index in [-0.39, 0.29) is 6.61 Å². The monoisotopic (exact) mass is 415 g/mol. The van der Waals surface area contributed by atoms with E-state index in [1.165, 1.54) is 5.56 Å². The Morgan fingerprint density at radius 3 is 2.48 bits per heavy atom. The maximum atomic E-state index is 9.17. The van der Waals surface area contributed by atoms with Gasteiger partial charge in [-0.3, -0.25) is 0 Å². The molecule has 0 spiro atoms. The highest BCUT2D eigenvalue weighted by Crippen LogP contribution is 2.28. The molecule has 7 heteroatoms. The lowest BCUT2D eigenvalue weighted by Crippen LogP contribution is -2.08. The Kier molecular flexibility index (Phi) is 6.44. The fraction of sp³-hybridized carbons (Fsp3) is 0.167. The number of hydrogen-bond acceptors (Lipinski definition) is 7. The van der Waals surface area contributed by atoms with Gasteiger partial charge in [0.05, 0.1) is 19.2 Å². The third kappa shape index (κ3) is 5.21. The molecule has 4 N–H and O–H groups in total. The van der Waals surface area contributed by atoms with Crippen molar-refractivity contribution in [3.8, 4) is 5.75 Å². The summed E-state index contributed by atoms with van der Waals surface area (Å²) in [6, 6.07) is 21.7. The van der Waals surface area contributed by atoms with Crippen LogP contribution in [-0.2, 0) is 6.54 Å². The van der Waals surface area contributed by atoms with Gasteiger partial charge < -0.3 is 25.8 Å². The zero-order valence-corrected chi connectivity index (χ0v) is 17.3. The van der Waals surface area contributed by atoms with Crippen molar-refractivity contribution in [2.75, 3.05) is 36.2 Å². The normalized spacial score (nSPS) is 10.6. The Morgan fingerprint density at radius 2 is 1.74 bits per heavy atom. The van der Waals surface area contributed by atoms with E-state index in [0.717, 1.165) is 28.0 Å². The average molecular weight is 415 g/mol. The predicted molar refractivity (Wildman–Crippen MR) is 125 cm³/mol.